The van der Waals surface area contributed by atoms with Crippen molar-refractivity contribution in [3.05, 3.63) is 0 Å². The highest BCUT2D eigenvalue weighted by Crippen LogP contribution is 2.42. The van der Waals surface area contributed by atoms with E-state index in [0.717, 1.165) is 19.1 Å². The van der Waals surface area contributed by atoms with Gasteiger partial charge < -0.3 is 4.74 Å². The average Bonchev–Trinajstić information content (AvgIpc) is 2.72. The molecule has 1 aliphatic heterocycles. The fourth-order valence-corrected chi connectivity index (χ4v) is 3.81. The molecular formula is C12H21BrO. The highest BCUT2D eigenvalue weighted by molar-refractivity contribution is 9.09. The molecule has 2 fully saturated rings. The Labute approximate surface area is 95.7 Å². The molecule has 82 valence electrons. The molecule has 1 saturated carbocycles. The molecule has 0 spiro atoms. The lowest BCUT2D eigenvalue weighted by molar-refractivity contribution is 0.0152. The van der Waals surface area contributed by atoms with Crippen molar-refractivity contribution in [1.29, 1.82) is 0 Å². The highest BCUT2D eigenvalue weighted by atomic mass is 79.9. The van der Waals surface area contributed by atoms with Gasteiger partial charge in [-0.2, -0.15) is 0 Å². The first-order chi connectivity index (χ1) is 6.85. The minimum absolute atomic E-state index is 0.577. The molecule has 0 aromatic carbocycles. The maximum atomic E-state index is 5.47. The lowest BCUT2D eigenvalue weighted by Crippen LogP contribution is -2.32. The minimum Gasteiger partial charge on any atom is -0.381 e. The lowest BCUT2D eigenvalue weighted by atomic mass is 9.75. The molecule has 2 heteroatoms. The van der Waals surface area contributed by atoms with Crippen LogP contribution in [0.2, 0.25) is 0 Å². The number of ether oxygens (including phenoxy) is 1. The highest BCUT2D eigenvalue weighted by Gasteiger charge is 2.34. The van der Waals surface area contributed by atoms with Crippen LogP contribution in [0.25, 0.3) is 0 Å². The van der Waals surface area contributed by atoms with Gasteiger partial charge in [0.25, 0.3) is 0 Å². The normalized spacial score (nSPS) is 28.1. The van der Waals surface area contributed by atoms with E-state index >= 15 is 0 Å². The van der Waals surface area contributed by atoms with Crippen LogP contribution in [-0.4, -0.2) is 18.5 Å². The van der Waals surface area contributed by atoms with Crippen molar-refractivity contribution in [1.82, 2.24) is 0 Å². The predicted octanol–water partition coefficient (Wildman–Crippen LogP) is 3.76. The summed E-state index contributed by atoms with van der Waals surface area (Å²) in [6, 6.07) is 0. The first-order valence-corrected chi connectivity index (χ1v) is 7.11. The largest absolute Gasteiger partial charge is 0.381 e. The van der Waals surface area contributed by atoms with Gasteiger partial charge in [0.15, 0.2) is 0 Å². The van der Waals surface area contributed by atoms with Gasteiger partial charge >= 0.3 is 0 Å². The summed E-state index contributed by atoms with van der Waals surface area (Å²) in [4.78, 5) is 0. The molecule has 0 aromatic rings. The van der Waals surface area contributed by atoms with Crippen LogP contribution in [-0.2, 0) is 4.74 Å². The SMILES string of the molecule is BrCC1(CC2CCCC2)CCOCC1. The van der Waals surface area contributed by atoms with Gasteiger partial charge in [-0.25, -0.2) is 0 Å². The third kappa shape index (κ3) is 2.52. The zero-order valence-electron chi connectivity index (χ0n) is 8.93. The summed E-state index contributed by atoms with van der Waals surface area (Å²) in [5.74, 6) is 1.02. The van der Waals surface area contributed by atoms with Crippen LogP contribution in [0, 0.1) is 11.3 Å². The minimum atomic E-state index is 0.577. The molecule has 1 saturated heterocycles. The second-order valence-electron chi connectivity index (χ2n) is 5.10. The number of rotatable bonds is 3. The number of halogens is 1. The van der Waals surface area contributed by atoms with E-state index in [0.29, 0.717) is 5.41 Å². The van der Waals surface area contributed by atoms with E-state index in [2.05, 4.69) is 15.9 Å². The smallest absolute Gasteiger partial charge is 0.0471 e. The Bertz CT molecular complexity index is 169. The van der Waals surface area contributed by atoms with Crippen molar-refractivity contribution in [2.24, 2.45) is 11.3 Å². The molecule has 1 aliphatic carbocycles. The summed E-state index contributed by atoms with van der Waals surface area (Å²) in [7, 11) is 0. The van der Waals surface area contributed by atoms with Crippen molar-refractivity contribution >= 4 is 15.9 Å². The Morgan fingerprint density at radius 2 is 1.79 bits per heavy atom. The summed E-state index contributed by atoms with van der Waals surface area (Å²) in [5, 5.41) is 1.18. The van der Waals surface area contributed by atoms with Gasteiger partial charge in [-0.05, 0) is 30.6 Å². The number of hydrogen-bond acceptors (Lipinski definition) is 1. The molecule has 1 heterocycles. The molecule has 14 heavy (non-hydrogen) atoms. The van der Waals surface area contributed by atoms with E-state index in [-0.39, 0.29) is 0 Å². The molecule has 2 rings (SSSR count). The molecule has 0 amide bonds. The summed E-state index contributed by atoms with van der Waals surface area (Å²) < 4.78 is 5.47. The zero-order chi connectivity index (χ0) is 9.86. The third-order valence-electron chi connectivity index (χ3n) is 4.03. The van der Waals surface area contributed by atoms with Gasteiger partial charge in [0, 0.05) is 18.5 Å². The van der Waals surface area contributed by atoms with Crippen molar-refractivity contribution in [2.75, 3.05) is 18.5 Å². The van der Waals surface area contributed by atoms with Crippen molar-refractivity contribution in [3.8, 4) is 0 Å². The van der Waals surface area contributed by atoms with Crippen LogP contribution in [0.3, 0.4) is 0 Å². The molecule has 2 aliphatic rings. The molecule has 0 unspecified atom stereocenters. The molecule has 0 aromatic heterocycles. The molecule has 0 atom stereocenters. The van der Waals surface area contributed by atoms with Gasteiger partial charge in [0.05, 0.1) is 0 Å². The lowest BCUT2D eigenvalue weighted by Gasteiger charge is -2.37. The molecule has 1 nitrogen and oxygen atoms in total. The van der Waals surface area contributed by atoms with Crippen LogP contribution >= 0.6 is 15.9 Å². The second-order valence-corrected chi connectivity index (χ2v) is 5.66. The maximum absolute atomic E-state index is 5.47. The van der Waals surface area contributed by atoms with Crippen LogP contribution in [0.15, 0.2) is 0 Å². The molecular weight excluding hydrogens is 240 g/mol. The van der Waals surface area contributed by atoms with Gasteiger partial charge in [0.1, 0.15) is 0 Å². The number of hydrogen-bond donors (Lipinski definition) is 0. The van der Waals surface area contributed by atoms with Gasteiger partial charge in [-0.15, -0.1) is 0 Å². The van der Waals surface area contributed by atoms with Crippen molar-refractivity contribution in [2.45, 2.75) is 44.9 Å². The zero-order valence-corrected chi connectivity index (χ0v) is 10.5. The first-order valence-electron chi connectivity index (χ1n) is 5.98. The Morgan fingerprint density at radius 3 is 2.36 bits per heavy atom. The average molecular weight is 261 g/mol. The standard InChI is InChI=1S/C12H21BrO/c13-10-12(5-7-14-8-6-12)9-11-3-1-2-4-11/h11H,1-10H2. The van der Waals surface area contributed by atoms with Crippen LogP contribution in [0.1, 0.15) is 44.9 Å². The van der Waals surface area contributed by atoms with Crippen LogP contribution in [0.4, 0.5) is 0 Å². The summed E-state index contributed by atoms with van der Waals surface area (Å²) >= 11 is 3.72. The third-order valence-corrected chi connectivity index (χ3v) is 5.22. The van der Waals surface area contributed by atoms with Crippen LogP contribution < -0.4 is 0 Å². The Balaban J connectivity index is 1.89. The Kier molecular flexibility index (Phi) is 3.89. The molecule has 0 radical (unpaired) electrons. The maximum Gasteiger partial charge on any atom is 0.0471 e. The quantitative estimate of drug-likeness (QED) is 0.703. The van der Waals surface area contributed by atoms with Crippen molar-refractivity contribution in [3.63, 3.8) is 0 Å². The Morgan fingerprint density at radius 1 is 1.14 bits per heavy atom. The van der Waals surface area contributed by atoms with Gasteiger partial charge in [-0.1, -0.05) is 41.6 Å². The van der Waals surface area contributed by atoms with E-state index in [9.17, 15) is 0 Å². The fraction of sp³-hybridized carbons (Fsp3) is 1.00. The summed E-state index contributed by atoms with van der Waals surface area (Å²) in [5.41, 5.74) is 0.577. The van der Waals surface area contributed by atoms with Crippen molar-refractivity contribution < 1.29 is 4.74 Å². The monoisotopic (exact) mass is 260 g/mol. The summed E-state index contributed by atoms with van der Waals surface area (Å²) in [6.45, 7) is 1.97. The Hall–Kier alpha value is 0.440. The first kappa shape index (κ1) is 10.9. The topological polar surface area (TPSA) is 9.23 Å². The molecule has 0 bridgehead atoms. The fourth-order valence-electron chi connectivity index (χ4n) is 3.02. The summed E-state index contributed by atoms with van der Waals surface area (Å²) in [6.07, 6.45) is 9.90. The van der Waals surface area contributed by atoms with E-state index in [1.165, 1.54) is 50.3 Å². The van der Waals surface area contributed by atoms with Crippen LogP contribution in [0.5, 0.6) is 0 Å². The predicted molar refractivity (Wildman–Crippen MR) is 62.9 cm³/mol. The van der Waals surface area contributed by atoms with E-state index in [1.807, 2.05) is 0 Å². The number of alkyl halides is 1. The van der Waals surface area contributed by atoms with Gasteiger partial charge in [-0.3, -0.25) is 0 Å². The second kappa shape index (κ2) is 4.98. The van der Waals surface area contributed by atoms with E-state index < -0.39 is 0 Å². The van der Waals surface area contributed by atoms with E-state index in [4.69, 9.17) is 4.74 Å². The molecule has 0 N–H and O–H groups in total. The van der Waals surface area contributed by atoms with Gasteiger partial charge in [0.2, 0.25) is 0 Å². The van der Waals surface area contributed by atoms with E-state index in [1.54, 1.807) is 0 Å².